The number of amides is 1. The Morgan fingerprint density at radius 3 is 2.95 bits per heavy atom. The van der Waals surface area contributed by atoms with Gasteiger partial charge in [0.05, 0.1) is 6.61 Å². The number of carbonyl (C=O) groups is 1. The third-order valence-electron chi connectivity index (χ3n) is 4.22. The highest BCUT2D eigenvalue weighted by molar-refractivity contribution is 8.00. The summed E-state index contributed by atoms with van der Waals surface area (Å²) in [6.45, 7) is 3.11. The Kier molecular flexibility index (Phi) is 5.81. The Morgan fingerprint density at radius 2 is 2.16 bits per heavy atom. The zero-order valence-corrected chi connectivity index (χ0v) is 12.8. The first-order valence-corrected chi connectivity index (χ1v) is 8.15. The molecule has 1 N–H and O–H groups in total. The molecule has 0 aromatic carbocycles. The molecule has 1 aliphatic carbocycles. The fourth-order valence-corrected chi connectivity index (χ4v) is 4.72. The van der Waals surface area contributed by atoms with Crippen LogP contribution in [-0.4, -0.2) is 60.2 Å². The van der Waals surface area contributed by atoms with E-state index in [1.54, 1.807) is 0 Å². The van der Waals surface area contributed by atoms with Crippen molar-refractivity contribution in [3.05, 3.63) is 0 Å². The summed E-state index contributed by atoms with van der Waals surface area (Å²) in [6.07, 6.45) is 4.82. The first kappa shape index (κ1) is 15.4. The van der Waals surface area contributed by atoms with Crippen molar-refractivity contribution < 1.29 is 9.53 Å². The van der Waals surface area contributed by atoms with Gasteiger partial charge in [-0.25, -0.2) is 0 Å². The number of fused-ring (bicyclic) bond motifs is 1. The second-order valence-electron chi connectivity index (χ2n) is 5.36. The number of rotatable bonds is 1. The predicted molar refractivity (Wildman–Crippen MR) is 80.1 cm³/mol. The molecule has 4 nitrogen and oxygen atoms in total. The van der Waals surface area contributed by atoms with Crippen LogP contribution in [0.2, 0.25) is 0 Å². The zero-order chi connectivity index (χ0) is 12.4. The van der Waals surface area contributed by atoms with Crippen LogP contribution in [0.5, 0.6) is 0 Å². The van der Waals surface area contributed by atoms with E-state index in [0.717, 1.165) is 18.8 Å². The minimum atomic E-state index is -0.246. The van der Waals surface area contributed by atoms with Crippen molar-refractivity contribution in [1.82, 2.24) is 10.2 Å². The van der Waals surface area contributed by atoms with Gasteiger partial charge in [-0.3, -0.25) is 4.79 Å². The lowest BCUT2D eigenvalue weighted by atomic mass is 9.93. The molecule has 6 heteroatoms. The van der Waals surface area contributed by atoms with Crippen molar-refractivity contribution in [2.24, 2.45) is 0 Å². The van der Waals surface area contributed by atoms with Gasteiger partial charge in [-0.15, -0.1) is 12.4 Å². The van der Waals surface area contributed by atoms with Crippen molar-refractivity contribution in [1.29, 1.82) is 0 Å². The van der Waals surface area contributed by atoms with Crippen LogP contribution in [-0.2, 0) is 9.53 Å². The molecule has 3 atom stereocenters. The maximum atomic E-state index is 12.6. The molecule has 0 radical (unpaired) electrons. The van der Waals surface area contributed by atoms with Gasteiger partial charge < -0.3 is 15.0 Å². The van der Waals surface area contributed by atoms with Gasteiger partial charge in [0.15, 0.2) is 0 Å². The molecular formula is C13H23ClN2O2S. The van der Waals surface area contributed by atoms with Gasteiger partial charge in [-0.05, 0) is 12.8 Å². The van der Waals surface area contributed by atoms with Gasteiger partial charge in [0.1, 0.15) is 6.10 Å². The van der Waals surface area contributed by atoms with Crippen molar-refractivity contribution in [2.75, 3.05) is 32.0 Å². The minimum Gasteiger partial charge on any atom is -0.366 e. The number of thioether (sulfide) groups is 1. The molecule has 0 bridgehead atoms. The molecule has 1 amide bonds. The number of halogens is 1. The maximum Gasteiger partial charge on any atom is 0.253 e. The van der Waals surface area contributed by atoms with Crippen LogP contribution in [0.3, 0.4) is 0 Å². The lowest BCUT2D eigenvalue weighted by Crippen LogP contribution is -2.57. The van der Waals surface area contributed by atoms with E-state index in [-0.39, 0.29) is 24.4 Å². The first-order chi connectivity index (χ1) is 8.86. The second kappa shape index (κ2) is 7.16. The smallest absolute Gasteiger partial charge is 0.253 e. The third kappa shape index (κ3) is 3.38. The van der Waals surface area contributed by atoms with E-state index in [2.05, 4.69) is 22.0 Å². The van der Waals surface area contributed by atoms with E-state index in [4.69, 9.17) is 4.74 Å². The van der Waals surface area contributed by atoms with E-state index in [0.29, 0.717) is 24.4 Å². The molecule has 3 rings (SSSR count). The topological polar surface area (TPSA) is 41.6 Å². The largest absolute Gasteiger partial charge is 0.366 e. The molecule has 2 aliphatic heterocycles. The van der Waals surface area contributed by atoms with Gasteiger partial charge in [0, 0.05) is 36.7 Å². The molecule has 110 valence electrons. The average molecular weight is 307 g/mol. The number of hydrogen-bond acceptors (Lipinski definition) is 4. The van der Waals surface area contributed by atoms with E-state index in [9.17, 15) is 4.79 Å². The summed E-state index contributed by atoms with van der Waals surface area (Å²) in [5.74, 6) is 1.31. The van der Waals surface area contributed by atoms with Crippen LogP contribution in [0.25, 0.3) is 0 Å². The standard InChI is InChI=1S/C13H22N2O2S.ClH/c16-13(11-9-14-5-7-17-11)15-6-8-18-12-4-2-1-3-10(12)15;/h10-12,14H,1-9H2;1H. The van der Waals surface area contributed by atoms with Crippen molar-refractivity contribution in [3.63, 3.8) is 0 Å². The maximum absolute atomic E-state index is 12.6. The monoisotopic (exact) mass is 306 g/mol. The highest BCUT2D eigenvalue weighted by Gasteiger charge is 2.39. The Bertz CT molecular complexity index is 311. The predicted octanol–water partition coefficient (Wildman–Crippen LogP) is 1.28. The zero-order valence-electron chi connectivity index (χ0n) is 11.2. The second-order valence-corrected chi connectivity index (χ2v) is 6.70. The molecule has 0 aromatic heterocycles. The minimum absolute atomic E-state index is 0. The molecule has 2 heterocycles. The van der Waals surface area contributed by atoms with E-state index in [1.165, 1.54) is 25.7 Å². The Hall–Kier alpha value is 0.0300. The molecule has 3 fully saturated rings. The SMILES string of the molecule is Cl.O=C(C1CNCCO1)N1CCSC2CCCCC21. The van der Waals surface area contributed by atoms with Crippen LogP contribution < -0.4 is 5.32 Å². The number of nitrogens with zero attached hydrogens (tertiary/aromatic N) is 1. The van der Waals surface area contributed by atoms with Gasteiger partial charge in [-0.1, -0.05) is 12.8 Å². The van der Waals surface area contributed by atoms with Crippen molar-refractivity contribution >= 4 is 30.1 Å². The fraction of sp³-hybridized carbons (Fsp3) is 0.923. The Morgan fingerprint density at radius 1 is 1.32 bits per heavy atom. The van der Waals surface area contributed by atoms with Gasteiger partial charge >= 0.3 is 0 Å². The number of hydrogen-bond donors (Lipinski definition) is 1. The summed E-state index contributed by atoms with van der Waals surface area (Å²) in [7, 11) is 0. The highest BCUT2D eigenvalue weighted by Crippen LogP contribution is 2.35. The number of nitrogens with one attached hydrogen (secondary N) is 1. The normalized spacial score (nSPS) is 35.2. The molecule has 0 spiro atoms. The summed E-state index contributed by atoms with van der Waals surface area (Å²) in [6, 6.07) is 0.468. The van der Waals surface area contributed by atoms with E-state index < -0.39 is 0 Å². The van der Waals surface area contributed by atoms with Crippen LogP contribution in [0, 0.1) is 0 Å². The van der Waals surface area contributed by atoms with Crippen LogP contribution in [0.15, 0.2) is 0 Å². The third-order valence-corrected chi connectivity index (χ3v) is 5.61. The van der Waals surface area contributed by atoms with Crippen LogP contribution >= 0.6 is 24.2 Å². The summed E-state index contributed by atoms with van der Waals surface area (Å²) in [4.78, 5) is 14.7. The summed E-state index contributed by atoms with van der Waals surface area (Å²) >= 11 is 2.06. The molecule has 3 aliphatic rings. The number of ether oxygens (including phenoxy) is 1. The van der Waals surface area contributed by atoms with Gasteiger partial charge in [0.2, 0.25) is 0 Å². The van der Waals surface area contributed by atoms with Crippen LogP contribution in [0.1, 0.15) is 25.7 Å². The van der Waals surface area contributed by atoms with Crippen LogP contribution in [0.4, 0.5) is 0 Å². The number of carbonyl (C=O) groups excluding carboxylic acids is 1. The average Bonchev–Trinajstić information content (AvgIpc) is 2.47. The summed E-state index contributed by atoms with van der Waals surface area (Å²) < 4.78 is 5.61. The fourth-order valence-electron chi connectivity index (χ4n) is 3.28. The highest BCUT2D eigenvalue weighted by atomic mass is 35.5. The summed E-state index contributed by atoms with van der Waals surface area (Å²) in [5, 5.41) is 3.92. The Balaban J connectivity index is 0.00000133. The lowest BCUT2D eigenvalue weighted by Gasteiger charge is -2.45. The van der Waals surface area contributed by atoms with E-state index >= 15 is 0 Å². The lowest BCUT2D eigenvalue weighted by molar-refractivity contribution is -0.148. The van der Waals surface area contributed by atoms with E-state index in [1.807, 2.05) is 0 Å². The first-order valence-electron chi connectivity index (χ1n) is 7.10. The molecule has 2 saturated heterocycles. The van der Waals surface area contributed by atoms with Gasteiger partial charge in [-0.2, -0.15) is 11.8 Å². The number of morpholine rings is 1. The molecule has 1 saturated carbocycles. The summed E-state index contributed by atoms with van der Waals surface area (Å²) in [5.41, 5.74) is 0. The Labute approximate surface area is 125 Å². The van der Waals surface area contributed by atoms with Crippen molar-refractivity contribution in [3.8, 4) is 0 Å². The molecular weight excluding hydrogens is 284 g/mol. The molecule has 19 heavy (non-hydrogen) atoms. The molecule has 3 unspecified atom stereocenters. The quantitative estimate of drug-likeness (QED) is 0.792. The molecule has 0 aromatic rings. The van der Waals surface area contributed by atoms with Crippen molar-refractivity contribution in [2.45, 2.75) is 43.1 Å². The van der Waals surface area contributed by atoms with Gasteiger partial charge in [0.25, 0.3) is 5.91 Å².